The van der Waals surface area contributed by atoms with Crippen LogP contribution in [0.25, 0.3) is 0 Å². The zero-order chi connectivity index (χ0) is 42.1. The zero-order valence-electron chi connectivity index (χ0n) is 39.3. The van der Waals surface area contributed by atoms with Crippen LogP contribution < -0.4 is 5.32 Å². The molecule has 0 saturated heterocycles. The predicted octanol–water partition coefficient (Wildman–Crippen LogP) is 16.9. The number of amides is 1. The summed E-state index contributed by atoms with van der Waals surface area (Å²) in [6, 6.07) is -0.629. The molecule has 0 spiro atoms. The van der Waals surface area contributed by atoms with Gasteiger partial charge in [-0.25, -0.2) is 0 Å². The van der Waals surface area contributed by atoms with Gasteiger partial charge < -0.3 is 15.5 Å². The standard InChI is InChI=1S/C54H103NO3/c1-3-5-7-9-11-13-15-17-19-20-21-22-23-24-25-26-27-28-29-30-31-32-33-34-35-36-37-39-41-43-45-47-49-53(57)52(51-56)55-54(58)50-48-46-44-42-40-38-18-16-14-12-10-8-6-4-2/h10,12,16,18,47,49,52-53,56-57H,3-9,11,13-15,17,19-46,48,50-51H2,1-2H3,(H,55,58)/b12-10-,18-16-,49-47+. The Hall–Kier alpha value is -1.39. The molecule has 0 bridgehead atoms. The average Bonchev–Trinajstić information content (AvgIpc) is 3.23. The monoisotopic (exact) mass is 814 g/mol. The van der Waals surface area contributed by atoms with Crippen LogP contribution in [0.1, 0.15) is 284 Å². The number of unbranched alkanes of at least 4 members (excludes halogenated alkanes) is 37. The third kappa shape index (κ3) is 45.7. The fourth-order valence-electron chi connectivity index (χ4n) is 8.08. The van der Waals surface area contributed by atoms with Gasteiger partial charge in [0.05, 0.1) is 18.8 Å². The van der Waals surface area contributed by atoms with E-state index in [1.165, 1.54) is 218 Å². The number of hydrogen-bond donors (Lipinski definition) is 3. The third-order valence-corrected chi connectivity index (χ3v) is 12.1. The first-order valence-electron chi connectivity index (χ1n) is 26.2. The summed E-state index contributed by atoms with van der Waals surface area (Å²) in [5, 5.41) is 23.1. The Morgan fingerprint density at radius 1 is 0.414 bits per heavy atom. The van der Waals surface area contributed by atoms with Crippen molar-refractivity contribution in [2.75, 3.05) is 6.61 Å². The van der Waals surface area contributed by atoms with E-state index in [4.69, 9.17) is 0 Å². The second-order valence-corrected chi connectivity index (χ2v) is 17.9. The molecule has 4 heteroatoms. The molecule has 0 aromatic rings. The van der Waals surface area contributed by atoms with E-state index in [0.717, 1.165) is 44.9 Å². The van der Waals surface area contributed by atoms with Gasteiger partial charge >= 0.3 is 0 Å². The Balaban J connectivity index is 3.44. The molecule has 0 saturated carbocycles. The molecule has 1 amide bonds. The number of hydrogen-bond acceptors (Lipinski definition) is 3. The number of allylic oxidation sites excluding steroid dienone is 5. The lowest BCUT2D eigenvalue weighted by molar-refractivity contribution is -0.123. The van der Waals surface area contributed by atoms with Crippen molar-refractivity contribution in [3.05, 3.63) is 36.5 Å². The number of aliphatic hydroxyl groups is 2. The van der Waals surface area contributed by atoms with E-state index in [1.807, 2.05) is 6.08 Å². The molecule has 0 aromatic carbocycles. The van der Waals surface area contributed by atoms with Gasteiger partial charge in [0.2, 0.25) is 5.91 Å². The topological polar surface area (TPSA) is 69.6 Å². The first-order chi connectivity index (χ1) is 28.7. The minimum Gasteiger partial charge on any atom is -0.394 e. The van der Waals surface area contributed by atoms with Crippen molar-refractivity contribution in [2.45, 2.75) is 296 Å². The Bertz CT molecular complexity index is 882. The van der Waals surface area contributed by atoms with Gasteiger partial charge in [0.25, 0.3) is 0 Å². The van der Waals surface area contributed by atoms with Crippen molar-refractivity contribution in [3.8, 4) is 0 Å². The van der Waals surface area contributed by atoms with Crippen LogP contribution in [0.3, 0.4) is 0 Å². The maximum Gasteiger partial charge on any atom is 0.220 e. The SMILES string of the molecule is CCCC/C=C\C/C=C\CCCCCCCC(=O)NC(CO)C(O)/C=C/CCCCCCCCCCCCCCCCCCCCCCCCCCCCCCCC. The molecule has 342 valence electrons. The highest BCUT2D eigenvalue weighted by molar-refractivity contribution is 5.76. The lowest BCUT2D eigenvalue weighted by Gasteiger charge is -2.20. The minimum absolute atomic E-state index is 0.0764. The van der Waals surface area contributed by atoms with Gasteiger partial charge in [-0.2, -0.15) is 0 Å². The molecule has 0 aromatic heterocycles. The van der Waals surface area contributed by atoms with E-state index < -0.39 is 12.1 Å². The Morgan fingerprint density at radius 3 is 1.09 bits per heavy atom. The molecule has 0 radical (unpaired) electrons. The summed E-state index contributed by atoms with van der Waals surface area (Å²) in [6.45, 7) is 4.28. The first-order valence-corrected chi connectivity index (χ1v) is 26.2. The summed E-state index contributed by atoms with van der Waals surface area (Å²) in [5.41, 5.74) is 0. The highest BCUT2D eigenvalue weighted by Crippen LogP contribution is 2.17. The van der Waals surface area contributed by atoms with Crippen molar-refractivity contribution in [3.63, 3.8) is 0 Å². The van der Waals surface area contributed by atoms with E-state index >= 15 is 0 Å². The van der Waals surface area contributed by atoms with E-state index in [0.29, 0.717) is 6.42 Å². The highest BCUT2D eigenvalue weighted by atomic mass is 16.3. The number of carbonyl (C=O) groups is 1. The van der Waals surface area contributed by atoms with Gasteiger partial charge in [-0.05, 0) is 44.9 Å². The maximum atomic E-state index is 12.4. The fourth-order valence-corrected chi connectivity index (χ4v) is 8.08. The molecule has 3 N–H and O–H groups in total. The molecule has 2 unspecified atom stereocenters. The molecule has 0 aliphatic rings. The molecule has 0 aliphatic heterocycles. The van der Waals surface area contributed by atoms with E-state index in [9.17, 15) is 15.0 Å². The molecule has 2 atom stereocenters. The lowest BCUT2D eigenvalue weighted by atomic mass is 10.0. The molecule has 0 aliphatic carbocycles. The fraction of sp³-hybridized carbons (Fsp3) is 0.870. The van der Waals surface area contributed by atoms with Crippen molar-refractivity contribution in [1.82, 2.24) is 5.32 Å². The van der Waals surface area contributed by atoms with Gasteiger partial charge in [-0.15, -0.1) is 0 Å². The third-order valence-electron chi connectivity index (χ3n) is 12.1. The van der Waals surface area contributed by atoms with Crippen LogP contribution >= 0.6 is 0 Å². The summed E-state index contributed by atoms with van der Waals surface area (Å²) in [7, 11) is 0. The summed E-state index contributed by atoms with van der Waals surface area (Å²) in [5.74, 6) is -0.0764. The lowest BCUT2D eigenvalue weighted by Crippen LogP contribution is -2.45. The van der Waals surface area contributed by atoms with E-state index in [-0.39, 0.29) is 12.5 Å². The van der Waals surface area contributed by atoms with Crippen molar-refractivity contribution in [2.24, 2.45) is 0 Å². The van der Waals surface area contributed by atoms with Crippen molar-refractivity contribution < 1.29 is 15.0 Å². The van der Waals surface area contributed by atoms with Crippen LogP contribution in [0, 0.1) is 0 Å². The normalized spacial score (nSPS) is 13.1. The summed E-state index contributed by atoms with van der Waals surface area (Å²) in [6.07, 6.45) is 67.3. The van der Waals surface area contributed by atoms with Crippen LogP contribution in [0.15, 0.2) is 36.5 Å². The Kier molecular flexibility index (Phi) is 48.8. The van der Waals surface area contributed by atoms with Gasteiger partial charge in [0, 0.05) is 6.42 Å². The van der Waals surface area contributed by atoms with Gasteiger partial charge in [-0.1, -0.05) is 269 Å². The Labute approximate surface area is 363 Å². The molecular formula is C54H103NO3. The first kappa shape index (κ1) is 56.6. The van der Waals surface area contributed by atoms with Crippen LogP contribution in [0.4, 0.5) is 0 Å². The molecule has 58 heavy (non-hydrogen) atoms. The van der Waals surface area contributed by atoms with Crippen LogP contribution in [0.2, 0.25) is 0 Å². The Morgan fingerprint density at radius 2 is 0.724 bits per heavy atom. The maximum absolute atomic E-state index is 12.4. The van der Waals surface area contributed by atoms with Gasteiger partial charge in [0.15, 0.2) is 0 Å². The van der Waals surface area contributed by atoms with Gasteiger partial charge in [0.1, 0.15) is 0 Å². The van der Waals surface area contributed by atoms with Crippen molar-refractivity contribution >= 4 is 5.91 Å². The smallest absolute Gasteiger partial charge is 0.220 e. The summed E-state index contributed by atoms with van der Waals surface area (Å²) < 4.78 is 0. The zero-order valence-corrected chi connectivity index (χ0v) is 39.3. The molecule has 0 fully saturated rings. The molecular weight excluding hydrogens is 711 g/mol. The average molecular weight is 814 g/mol. The predicted molar refractivity (Wildman–Crippen MR) is 258 cm³/mol. The quantitative estimate of drug-likeness (QED) is 0.0423. The van der Waals surface area contributed by atoms with Crippen LogP contribution in [0.5, 0.6) is 0 Å². The molecule has 0 heterocycles. The van der Waals surface area contributed by atoms with Gasteiger partial charge in [-0.3, -0.25) is 4.79 Å². The van der Waals surface area contributed by atoms with Crippen LogP contribution in [-0.2, 0) is 4.79 Å². The van der Waals surface area contributed by atoms with Crippen molar-refractivity contribution in [1.29, 1.82) is 0 Å². The highest BCUT2D eigenvalue weighted by Gasteiger charge is 2.18. The van der Waals surface area contributed by atoms with E-state index in [2.05, 4.69) is 43.5 Å². The number of nitrogens with one attached hydrogen (secondary N) is 1. The summed E-state index contributed by atoms with van der Waals surface area (Å²) in [4.78, 5) is 12.4. The van der Waals surface area contributed by atoms with Crippen LogP contribution in [-0.4, -0.2) is 34.9 Å². The largest absolute Gasteiger partial charge is 0.394 e. The number of carbonyl (C=O) groups excluding carboxylic acids is 1. The molecule has 4 nitrogen and oxygen atoms in total. The number of aliphatic hydroxyl groups excluding tert-OH is 2. The van der Waals surface area contributed by atoms with E-state index in [1.54, 1.807) is 6.08 Å². The number of rotatable bonds is 48. The summed E-state index contributed by atoms with van der Waals surface area (Å²) >= 11 is 0. The second kappa shape index (κ2) is 50.0. The molecule has 0 rings (SSSR count). The minimum atomic E-state index is -0.845. The second-order valence-electron chi connectivity index (χ2n) is 17.9.